The maximum atomic E-state index is 12.2. The zero-order valence-electron chi connectivity index (χ0n) is 15.7. The first-order valence-electron chi connectivity index (χ1n) is 8.67. The third-order valence-electron chi connectivity index (χ3n) is 3.79. The van der Waals surface area contributed by atoms with Crippen molar-refractivity contribution in [3.63, 3.8) is 0 Å². The highest BCUT2D eigenvalue weighted by Crippen LogP contribution is 2.20. The third kappa shape index (κ3) is 6.56. The second kappa shape index (κ2) is 9.91. The maximum absolute atomic E-state index is 12.2. The van der Waals surface area contributed by atoms with Crippen LogP contribution in [0.5, 0.6) is 5.75 Å². The number of nitrogens with one attached hydrogen (secondary N) is 1. The van der Waals surface area contributed by atoms with E-state index in [1.807, 2.05) is 45.0 Å². The summed E-state index contributed by atoms with van der Waals surface area (Å²) in [6.07, 6.45) is 0.868. The lowest BCUT2D eigenvalue weighted by Gasteiger charge is -2.11. The van der Waals surface area contributed by atoms with Crippen LogP contribution in [0.3, 0.4) is 0 Å². The molecular weight excluding hydrogens is 364 g/mol. The van der Waals surface area contributed by atoms with Crippen LogP contribution in [0.15, 0.2) is 29.4 Å². The Labute approximate surface area is 163 Å². The molecule has 27 heavy (non-hydrogen) atoms. The molecule has 144 valence electrons. The molecule has 0 bridgehead atoms. The first-order chi connectivity index (χ1) is 12.9. The predicted molar refractivity (Wildman–Crippen MR) is 106 cm³/mol. The van der Waals surface area contributed by atoms with E-state index in [-0.39, 0.29) is 11.7 Å². The van der Waals surface area contributed by atoms with Crippen molar-refractivity contribution in [3.05, 3.63) is 41.2 Å². The zero-order chi connectivity index (χ0) is 19.8. The van der Waals surface area contributed by atoms with Crippen LogP contribution >= 0.6 is 11.8 Å². The smallest absolute Gasteiger partial charge is 0.227 e. The van der Waals surface area contributed by atoms with Crippen molar-refractivity contribution < 1.29 is 14.3 Å². The number of rotatable bonds is 9. The van der Waals surface area contributed by atoms with E-state index >= 15 is 0 Å². The standard InChI is InChI=1S/C19H24N4O3S/c1-4-26-15-7-5-14(6-8-15)23-18(25)10-9-16-12(2)21-19(22-13(16)3)27-11-17(20)24/h5-8H,4,9-11H2,1-3H3,(H2,20,24)(H,23,25). The van der Waals surface area contributed by atoms with E-state index in [4.69, 9.17) is 10.5 Å². The Morgan fingerprint density at radius 3 is 2.33 bits per heavy atom. The number of hydrogen-bond donors (Lipinski definition) is 2. The van der Waals surface area contributed by atoms with Gasteiger partial charge in [0.25, 0.3) is 0 Å². The van der Waals surface area contributed by atoms with Gasteiger partial charge in [-0.15, -0.1) is 0 Å². The van der Waals surface area contributed by atoms with Gasteiger partial charge < -0.3 is 15.8 Å². The fourth-order valence-electron chi connectivity index (χ4n) is 2.53. The molecule has 7 nitrogen and oxygen atoms in total. The van der Waals surface area contributed by atoms with Gasteiger partial charge in [0.2, 0.25) is 11.8 Å². The number of aryl methyl sites for hydroxylation is 2. The normalized spacial score (nSPS) is 10.5. The monoisotopic (exact) mass is 388 g/mol. The molecular formula is C19H24N4O3S. The number of thioether (sulfide) groups is 1. The van der Waals surface area contributed by atoms with E-state index in [0.717, 1.165) is 28.4 Å². The summed E-state index contributed by atoms with van der Waals surface area (Å²) in [6.45, 7) is 6.28. The number of aromatic nitrogens is 2. The molecule has 0 spiro atoms. The van der Waals surface area contributed by atoms with Crippen molar-refractivity contribution >= 4 is 29.3 Å². The second-order valence-electron chi connectivity index (χ2n) is 5.92. The van der Waals surface area contributed by atoms with Crippen molar-refractivity contribution in [1.29, 1.82) is 0 Å². The molecule has 0 saturated heterocycles. The molecule has 1 heterocycles. The summed E-state index contributed by atoms with van der Waals surface area (Å²) >= 11 is 1.21. The molecule has 2 amide bonds. The van der Waals surface area contributed by atoms with Crippen LogP contribution in [0.1, 0.15) is 30.3 Å². The minimum absolute atomic E-state index is 0.0786. The van der Waals surface area contributed by atoms with Crippen LogP contribution in [0, 0.1) is 13.8 Å². The van der Waals surface area contributed by atoms with Crippen LogP contribution in [0.4, 0.5) is 5.69 Å². The average Bonchev–Trinajstić information content (AvgIpc) is 2.61. The molecule has 3 N–H and O–H groups in total. The van der Waals surface area contributed by atoms with Crippen LogP contribution < -0.4 is 15.8 Å². The minimum atomic E-state index is -0.408. The lowest BCUT2D eigenvalue weighted by Crippen LogP contribution is -2.15. The van der Waals surface area contributed by atoms with Gasteiger partial charge in [0, 0.05) is 23.5 Å². The molecule has 0 radical (unpaired) electrons. The number of nitrogens with two attached hydrogens (primary N) is 1. The highest BCUT2D eigenvalue weighted by atomic mass is 32.2. The highest BCUT2D eigenvalue weighted by Gasteiger charge is 2.12. The third-order valence-corrected chi connectivity index (χ3v) is 4.66. The number of benzene rings is 1. The lowest BCUT2D eigenvalue weighted by molar-refractivity contribution is -0.116. The number of nitrogens with zero attached hydrogens (tertiary/aromatic N) is 2. The number of carbonyl (C=O) groups excluding carboxylic acids is 2. The molecule has 0 unspecified atom stereocenters. The van der Waals surface area contributed by atoms with Gasteiger partial charge in [-0.25, -0.2) is 9.97 Å². The highest BCUT2D eigenvalue weighted by molar-refractivity contribution is 7.99. The topological polar surface area (TPSA) is 107 Å². The molecule has 1 aromatic heterocycles. The van der Waals surface area contributed by atoms with Crippen molar-refractivity contribution in [1.82, 2.24) is 9.97 Å². The summed E-state index contributed by atoms with van der Waals surface area (Å²) in [5, 5.41) is 3.39. The van der Waals surface area contributed by atoms with E-state index in [1.54, 1.807) is 0 Å². The summed E-state index contributed by atoms with van der Waals surface area (Å²) in [6, 6.07) is 7.27. The van der Waals surface area contributed by atoms with Crippen molar-refractivity contribution in [3.8, 4) is 5.75 Å². The molecule has 1 aromatic carbocycles. The first-order valence-corrected chi connectivity index (χ1v) is 9.65. The molecule has 0 atom stereocenters. The summed E-state index contributed by atoms with van der Waals surface area (Å²) in [4.78, 5) is 31.9. The van der Waals surface area contributed by atoms with Gasteiger partial charge in [0.15, 0.2) is 5.16 Å². The largest absolute Gasteiger partial charge is 0.494 e. The van der Waals surface area contributed by atoms with Gasteiger partial charge in [-0.1, -0.05) is 11.8 Å². The van der Waals surface area contributed by atoms with Gasteiger partial charge in [-0.2, -0.15) is 0 Å². The van der Waals surface area contributed by atoms with E-state index in [1.165, 1.54) is 11.8 Å². The number of primary amides is 1. The average molecular weight is 388 g/mol. The number of amides is 2. The van der Waals surface area contributed by atoms with Crippen LogP contribution in [-0.2, 0) is 16.0 Å². The Morgan fingerprint density at radius 1 is 1.15 bits per heavy atom. The summed E-state index contributed by atoms with van der Waals surface area (Å²) in [5.41, 5.74) is 8.44. The van der Waals surface area contributed by atoms with E-state index in [0.29, 0.717) is 24.6 Å². The van der Waals surface area contributed by atoms with E-state index in [2.05, 4.69) is 15.3 Å². The fourth-order valence-corrected chi connectivity index (χ4v) is 3.21. The number of anilines is 1. The zero-order valence-corrected chi connectivity index (χ0v) is 16.6. The molecule has 2 aromatic rings. The molecule has 8 heteroatoms. The fraction of sp³-hybridized carbons (Fsp3) is 0.368. The SMILES string of the molecule is CCOc1ccc(NC(=O)CCc2c(C)nc(SCC(N)=O)nc2C)cc1. The summed E-state index contributed by atoms with van der Waals surface area (Å²) in [7, 11) is 0. The number of ether oxygens (including phenoxy) is 1. The summed E-state index contributed by atoms with van der Waals surface area (Å²) in [5.74, 6) is 0.426. The van der Waals surface area contributed by atoms with Gasteiger partial charge in [-0.05, 0) is 57.0 Å². The van der Waals surface area contributed by atoms with Crippen LogP contribution in [-0.4, -0.2) is 34.1 Å². The quantitative estimate of drug-likeness (QED) is 0.505. The van der Waals surface area contributed by atoms with Crippen molar-refractivity contribution in [2.75, 3.05) is 17.7 Å². The molecule has 0 saturated carbocycles. The van der Waals surface area contributed by atoms with Crippen LogP contribution in [0.2, 0.25) is 0 Å². The minimum Gasteiger partial charge on any atom is -0.494 e. The summed E-state index contributed by atoms with van der Waals surface area (Å²) < 4.78 is 5.38. The van der Waals surface area contributed by atoms with Gasteiger partial charge in [-0.3, -0.25) is 9.59 Å². The number of hydrogen-bond acceptors (Lipinski definition) is 6. The first kappa shape index (κ1) is 20.7. The number of carbonyl (C=O) groups is 2. The Balaban J connectivity index is 1.93. The molecule has 0 aliphatic heterocycles. The Kier molecular flexibility index (Phi) is 7.60. The molecule has 0 aliphatic carbocycles. The molecule has 0 fully saturated rings. The maximum Gasteiger partial charge on any atom is 0.227 e. The Bertz CT molecular complexity index is 786. The predicted octanol–water partition coefficient (Wildman–Crippen LogP) is 2.64. The molecule has 0 aliphatic rings. The van der Waals surface area contributed by atoms with E-state index < -0.39 is 5.91 Å². The van der Waals surface area contributed by atoms with Crippen molar-refractivity contribution in [2.24, 2.45) is 5.73 Å². The lowest BCUT2D eigenvalue weighted by atomic mass is 10.1. The van der Waals surface area contributed by atoms with Crippen molar-refractivity contribution in [2.45, 2.75) is 38.8 Å². The van der Waals surface area contributed by atoms with Gasteiger partial charge in [0.1, 0.15) is 5.75 Å². The Hall–Kier alpha value is -2.61. The van der Waals surface area contributed by atoms with E-state index in [9.17, 15) is 9.59 Å². The van der Waals surface area contributed by atoms with Gasteiger partial charge >= 0.3 is 0 Å². The Morgan fingerprint density at radius 2 is 1.78 bits per heavy atom. The van der Waals surface area contributed by atoms with Gasteiger partial charge in [0.05, 0.1) is 12.4 Å². The second-order valence-corrected chi connectivity index (χ2v) is 6.86. The van der Waals surface area contributed by atoms with Crippen LogP contribution in [0.25, 0.3) is 0 Å². The molecule has 2 rings (SSSR count).